The maximum atomic E-state index is 11.7. The molecular formula is C11H17Cl2NO2. The molecule has 1 atom stereocenters. The first-order valence-corrected chi connectivity index (χ1v) is 6.57. The van der Waals surface area contributed by atoms with Crippen molar-refractivity contribution in [1.82, 2.24) is 5.32 Å². The van der Waals surface area contributed by atoms with Crippen LogP contribution in [0.25, 0.3) is 0 Å². The van der Waals surface area contributed by atoms with E-state index >= 15 is 0 Å². The van der Waals surface area contributed by atoms with Crippen LogP contribution in [0, 0.1) is 11.8 Å². The van der Waals surface area contributed by atoms with Crippen molar-refractivity contribution in [3.63, 3.8) is 0 Å². The molecule has 0 radical (unpaired) electrons. The molecule has 2 fully saturated rings. The van der Waals surface area contributed by atoms with Crippen LogP contribution in [-0.4, -0.2) is 28.0 Å². The summed E-state index contributed by atoms with van der Waals surface area (Å²) in [5, 5.41) is 12.0. The third-order valence-electron chi connectivity index (χ3n) is 3.59. The lowest BCUT2D eigenvalue weighted by Crippen LogP contribution is -2.39. The molecule has 2 rings (SSSR count). The number of nitrogens with one attached hydrogen (secondary N) is 1. The van der Waals surface area contributed by atoms with E-state index in [1.54, 1.807) is 0 Å². The van der Waals surface area contributed by atoms with Crippen molar-refractivity contribution in [3.8, 4) is 0 Å². The summed E-state index contributed by atoms with van der Waals surface area (Å²) in [7, 11) is 0. The second kappa shape index (κ2) is 4.71. The fourth-order valence-electron chi connectivity index (χ4n) is 2.29. The number of carbonyl (C=O) groups excluding carboxylic acids is 1. The number of alkyl halides is 2. The fourth-order valence-corrected chi connectivity index (χ4v) is 2.80. The zero-order chi connectivity index (χ0) is 11.8. The molecule has 3 nitrogen and oxygen atoms in total. The molecule has 0 aromatic heterocycles. The molecule has 1 amide bonds. The Morgan fingerprint density at radius 3 is 2.31 bits per heavy atom. The highest BCUT2D eigenvalue weighted by Crippen LogP contribution is 2.53. The van der Waals surface area contributed by atoms with Gasteiger partial charge in [0.1, 0.15) is 4.33 Å². The van der Waals surface area contributed by atoms with Crippen LogP contribution in [0.15, 0.2) is 0 Å². The number of hydrogen-bond acceptors (Lipinski definition) is 2. The quantitative estimate of drug-likeness (QED) is 0.766. The second-order valence-corrected chi connectivity index (χ2v) is 6.47. The van der Waals surface area contributed by atoms with E-state index in [9.17, 15) is 4.79 Å². The first-order chi connectivity index (χ1) is 7.53. The Morgan fingerprint density at radius 2 is 1.88 bits per heavy atom. The van der Waals surface area contributed by atoms with E-state index in [1.807, 2.05) is 0 Å². The highest BCUT2D eigenvalue weighted by molar-refractivity contribution is 6.52. The van der Waals surface area contributed by atoms with Gasteiger partial charge in [-0.2, -0.15) is 0 Å². The van der Waals surface area contributed by atoms with Crippen LogP contribution < -0.4 is 5.32 Å². The maximum absolute atomic E-state index is 11.7. The average molecular weight is 266 g/mol. The number of carbonyl (C=O) groups is 1. The molecule has 5 heteroatoms. The zero-order valence-electron chi connectivity index (χ0n) is 9.09. The van der Waals surface area contributed by atoms with E-state index in [0.717, 1.165) is 25.7 Å². The lowest BCUT2D eigenvalue weighted by molar-refractivity contribution is -0.123. The second-order valence-electron chi connectivity index (χ2n) is 4.93. The molecule has 92 valence electrons. The van der Waals surface area contributed by atoms with Gasteiger partial charge in [0, 0.05) is 12.6 Å². The first-order valence-electron chi connectivity index (χ1n) is 5.82. The third kappa shape index (κ3) is 2.82. The molecule has 0 spiro atoms. The van der Waals surface area contributed by atoms with Gasteiger partial charge in [-0.25, -0.2) is 0 Å². The van der Waals surface area contributed by atoms with E-state index < -0.39 is 4.33 Å². The van der Waals surface area contributed by atoms with Gasteiger partial charge in [-0.1, -0.05) is 0 Å². The molecule has 0 bridgehead atoms. The van der Waals surface area contributed by atoms with Crippen molar-refractivity contribution < 1.29 is 9.90 Å². The van der Waals surface area contributed by atoms with Crippen LogP contribution in [-0.2, 0) is 4.79 Å². The molecule has 0 aromatic carbocycles. The van der Waals surface area contributed by atoms with Gasteiger partial charge in [0.05, 0.1) is 5.92 Å². The van der Waals surface area contributed by atoms with Crippen LogP contribution in [0.1, 0.15) is 32.1 Å². The predicted octanol–water partition coefficient (Wildman–Crippen LogP) is 1.85. The number of amides is 1. The minimum absolute atomic E-state index is 0.0163. The van der Waals surface area contributed by atoms with Crippen LogP contribution in [0.4, 0.5) is 0 Å². The number of aliphatic hydroxyl groups excluding tert-OH is 1. The highest BCUT2D eigenvalue weighted by Gasteiger charge is 2.56. The van der Waals surface area contributed by atoms with Gasteiger partial charge in [0.25, 0.3) is 0 Å². The predicted molar refractivity (Wildman–Crippen MR) is 63.5 cm³/mol. The van der Waals surface area contributed by atoms with E-state index in [-0.39, 0.29) is 24.5 Å². The van der Waals surface area contributed by atoms with Crippen molar-refractivity contribution in [1.29, 1.82) is 0 Å². The summed E-state index contributed by atoms with van der Waals surface area (Å²) in [4.78, 5) is 11.7. The molecule has 2 aliphatic carbocycles. The number of hydrogen-bond donors (Lipinski definition) is 2. The maximum Gasteiger partial charge on any atom is 0.226 e. The van der Waals surface area contributed by atoms with Gasteiger partial charge in [-0.15, -0.1) is 23.2 Å². The SMILES string of the molecule is O=C(NC1CCC(CO)CC1)C1CC1(Cl)Cl. The Kier molecular flexibility index (Phi) is 3.67. The molecule has 0 aromatic rings. The van der Waals surface area contributed by atoms with Crippen LogP contribution in [0.3, 0.4) is 0 Å². The molecular weight excluding hydrogens is 249 g/mol. The number of aliphatic hydroxyl groups is 1. The standard InChI is InChI=1S/C11H17Cl2NO2/c12-11(13)5-9(11)10(16)14-8-3-1-7(6-15)2-4-8/h7-9,15H,1-6H2,(H,14,16). The lowest BCUT2D eigenvalue weighted by Gasteiger charge is -2.28. The van der Waals surface area contributed by atoms with Gasteiger partial charge >= 0.3 is 0 Å². The summed E-state index contributed by atoms with van der Waals surface area (Å²) in [5.41, 5.74) is 0. The Balaban J connectivity index is 1.73. The largest absolute Gasteiger partial charge is 0.396 e. The monoisotopic (exact) mass is 265 g/mol. The van der Waals surface area contributed by atoms with Gasteiger partial charge in [0.15, 0.2) is 0 Å². The number of halogens is 2. The first kappa shape index (κ1) is 12.5. The Morgan fingerprint density at radius 1 is 1.31 bits per heavy atom. The van der Waals surface area contributed by atoms with Gasteiger partial charge in [0.2, 0.25) is 5.91 Å². The van der Waals surface area contributed by atoms with Crippen molar-refractivity contribution in [2.45, 2.75) is 42.5 Å². The highest BCUT2D eigenvalue weighted by atomic mass is 35.5. The van der Waals surface area contributed by atoms with Crippen molar-refractivity contribution in [2.24, 2.45) is 11.8 Å². The molecule has 2 saturated carbocycles. The molecule has 0 heterocycles. The zero-order valence-corrected chi connectivity index (χ0v) is 10.6. The third-order valence-corrected chi connectivity index (χ3v) is 4.43. The van der Waals surface area contributed by atoms with Crippen molar-refractivity contribution >= 4 is 29.1 Å². The summed E-state index contributed by atoms with van der Waals surface area (Å²) >= 11 is 11.7. The summed E-state index contributed by atoms with van der Waals surface area (Å²) < 4.78 is -0.827. The Hall–Kier alpha value is 0.01000. The Labute approximate surface area is 105 Å². The normalized spacial score (nSPS) is 36.8. The Bertz CT molecular complexity index is 275. The smallest absolute Gasteiger partial charge is 0.226 e. The van der Waals surface area contributed by atoms with E-state index in [0.29, 0.717) is 12.3 Å². The summed E-state index contributed by atoms with van der Waals surface area (Å²) in [6.45, 7) is 0.260. The minimum Gasteiger partial charge on any atom is -0.396 e. The molecule has 2 N–H and O–H groups in total. The summed E-state index contributed by atoms with van der Waals surface area (Å²) in [6, 6.07) is 0.236. The minimum atomic E-state index is -0.827. The molecule has 0 aliphatic heterocycles. The van der Waals surface area contributed by atoms with Gasteiger partial charge in [-0.3, -0.25) is 4.79 Å². The average Bonchev–Trinajstić information content (AvgIpc) is 2.89. The van der Waals surface area contributed by atoms with Crippen molar-refractivity contribution in [3.05, 3.63) is 0 Å². The topological polar surface area (TPSA) is 49.3 Å². The molecule has 2 aliphatic rings. The summed E-state index contributed by atoms with van der Waals surface area (Å²) in [5.74, 6) is 0.165. The lowest BCUT2D eigenvalue weighted by atomic mass is 9.86. The van der Waals surface area contributed by atoms with E-state index in [1.165, 1.54) is 0 Å². The molecule has 16 heavy (non-hydrogen) atoms. The van der Waals surface area contributed by atoms with Crippen LogP contribution in [0.5, 0.6) is 0 Å². The summed E-state index contributed by atoms with van der Waals surface area (Å²) in [6.07, 6.45) is 4.43. The van der Waals surface area contributed by atoms with E-state index in [2.05, 4.69) is 5.32 Å². The van der Waals surface area contributed by atoms with Crippen LogP contribution in [0.2, 0.25) is 0 Å². The van der Waals surface area contributed by atoms with Crippen LogP contribution >= 0.6 is 23.2 Å². The molecule has 0 saturated heterocycles. The molecule has 1 unspecified atom stereocenters. The van der Waals surface area contributed by atoms with Gasteiger partial charge < -0.3 is 10.4 Å². The number of rotatable bonds is 3. The van der Waals surface area contributed by atoms with Crippen molar-refractivity contribution in [2.75, 3.05) is 6.61 Å². The van der Waals surface area contributed by atoms with E-state index in [4.69, 9.17) is 28.3 Å². The fraction of sp³-hybridized carbons (Fsp3) is 0.909. The van der Waals surface area contributed by atoms with Gasteiger partial charge in [-0.05, 0) is 38.0 Å².